The molecule has 2 aromatic carbocycles. The van der Waals surface area contributed by atoms with Crippen molar-refractivity contribution >= 4 is 34.4 Å². The normalized spacial score (nSPS) is 22.3. The van der Waals surface area contributed by atoms with E-state index in [-0.39, 0.29) is 30.5 Å². The summed E-state index contributed by atoms with van der Waals surface area (Å²) in [7, 11) is 1.66. The summed E-state index contributed by atoms with van der Waals surface area (Å²) in [6.45, 7) is 1.22. The number of hydrogen-bond donors (Lipinski definition) is 3. The highest BCUT2D eigenvalue weighted by Gasteiger charge is 2.36. The summed E-state index contributed by atoms with van der Waals surface area (Å²) in [4.78, 5) is 11.5. The van der Waals surface area contributed by atoms with Crippen molar-refractivity contribution in [2.75, 3.05) is 7.11 Å². The van der Waals surface area contributed by atoms with Crippen molar-refractivity contribution in [3.8, 4) is 11.5 Å². The van der Waals surface area contributed by atoms with E-state index < -0.39 is 0 Å². The van der Waals surface area contributed by atoms with Crippen LogP contribution in [-0.4, -0.2) is 31.3 Å². The molecule has 4 rings (SSSR count). The molecule has 3 atom stereocenters. The summed E-state index contributed by atoms with van der Waals surface area (Å²) in [6, 6.07) is 15.0. The van der Waals surface area contributed by atoms with Crippen molar-refractivity contribution in [1.82, 2.24) is 16.0 Å². The van der Waals surface area contributed by atoms with Crippen LogP contribution in [0.1, 0.15) is 30.4 Å². The van der Waals surface area contributed by atoms with Gasteiger partial charge in [0.2, 0.25) is 0 Å². The number of hydrogen-bond acceptors (Lipinski definition) is 4. The number of urea groups is 1. The van der Waals surface area contributed by atoms with Crippen molar-refractivity contribution in [2.24, 2.45) is 0 Å². The average Bonchev–Trinajstić information content (AvgIpc) is 3.11. The zero-order valence-corrected chi connectivity index (χ0v) is 19.2. The number of halogens is 2. The number of benzene rings is 2. The number of fused-ring (bicyclic) bond motifs is 1. The Morgan fingerprint density at radius 3 is 2.63 bits per heavy atom. The number of carbonyl (C=O) groups is 1. The summed E-state index contributed by atoms with van der Waals surface area (Å²) in [5, 5.41) is 9.63. The minimum Gasteiger partial charge on any atom is -0.493 e. The molecule has 2 aromatic rings. The van der Waals surface area contributed by atoms with Gasteiger partial charge in [-0.05, 0) is 58.5 Å². The number of amides is 2. The molecule has 0 spiro atoms. The molecule has 3 N–H and O–H groups in total. The van der Waals surface area contributed by atoms with E-state index in [1.165, 1.54) is 0 Å². The van der Waals surface area contributed by atoms with E-state index in [1.807, 2.05) is 36.4 Å². The van der Waals surface area contributed by atoms with Gasteiger partial charge in [-0.3, -0.25) is 0 Å². The molecule has 2 aliphatic rings. The largest absolute Gasteiger partial charge is 0.493 e. The van der Waals surface area contributed by atoms with Gasteiger partial charge in [0.15, 0.2) is 11.5 Å². The van der Waals surface area contributed by atoms with E-state index in [0.717, 1.165) is 41.4 Å². The molecule has 1 aliphatic heterocycles. The maximum Gasteiger partial charge on any atom is 0.315 e. The van der Waals surface area contributed by atoms with Crippen LogP contribution in [0.3, 0.4) is 0 Å². The van der Waals surface area contributed by atoms with Gasteiger partial charge >= 0.3 is 6.03 Å². The van der Waals surface area contributed by atoms with Crippen LogP contribution in [0.15, 0.2) is 46.9 Å². The summed E-state index contributed by atoms with van der Waals surface area (Å²) in [5.74, 6) is 1.42. The SMILES string of the molecule is COc1cc(CNC2CCC3NC(=O)NC3C2)cc(Br)c1OCc1ccccc1.Cl. The van der Waals surface area contributed by atoms with E-state index in [1.54, 1.807) is 7.11 Å². The first-order valence-corrected chi connectivity index (χ1v) is 10.7. The topological polar surface area (TPSA) is 71.6 Å². The van der Waals surface area contributed by atoms with Crippen LogP contribution < -0.4 is 25.4 Å². The molecule has 2 amide bonds. The van der Waals surface area contributed by atoms with E-state index >= 15 is 0 Å². The zero-order valence-electron chi connectivity index (χ0n) is 16.8. The summed E-state index contributed by atoms with van der Waals surface area (Å²) >= 11 is 3.63. The lowest BCUT2D eigenvalue weighted by Crippen LogP contribution is -2.46. The molecule has 2 fully saturated rings. The molecule has 8 heteroatoms. The second kappa shape index (κ2) is 10.4. The van der Waals surface area contributed by atoms with Gasteiger partial charge in [-0.1, -0.05) is 30.3 Å². The molecule has 1 aliphatic carbocycles. The summed E-state index contributed by atoms with van der Waals surface area (Å²) in [5.41, 5.74) is 2.23. The second-order valence-corrected chi connectivity index (χ2v) is 8.46. The van der Waals surface area contributed by atoms with Crippen molar-refractivity contribution in [2.45, 2.75) is 50.5 Å². The Kier molecular flexibility index (Phi) is 7.86. The average molecular weight is 497 g/mol. The predicted octanol–water partition coefficient (Wildman–Crippen LogP) is 4.15. The molecule has 1 heterocycles. The number of ether oxygens (including phenoxy) is 2. The molecule has 0 bridgehead atoms. The van der Waals surface area contributed by atoms with Crippen LogP contribution in [0.5, 0.6) is 11.5 Å². The third-order valence-corrected chi connectivity index (χ3v) is 6.18. The van der Waals surface area contributed by atoms with Crippen LogP contribution in [0.4, 0.5) is 4.79 Å². The van der Waals surface area contributed by atoms with E-state index in [9.17, 15) is 4.79 Å². The Morgan fingerprint density at radius 2 is 1.87 bits per heavy atom. The van der Waals surface area contributed by atoms with Crippen molar-refractivity contribution < 1.29 is 14.3 Å². The fourth-order valence-corrected chi connectivity index (χ4v) is 4.68. The van der Waals surface area contributed by atoms with Gasteiger partial charge in [0.05, 0.1) is 23.7 Å². The number of carbonyl (C=O) groups excluding carboxylic acids is 1. The Hall–Kier alpha value is -1.96. The van der Waals surface area contributed by atoms with Crippen LogP contribution in [0.25, 0.3) is 0 Å². The fourth-order valence-electron chi connectivity index (χ4n) is 4.07. The molecule has 162 valence electrons. The van der Waals surface area contributed by atoms with Gasteiger partial charge in [-0.15, -0.1) is 12.4 Å². The van der Waals surface area contributed by atoms with Crippen LogP contribution >= 0.6 is 28.3 Å². The van der Waals surface area contributed by atoms with Gasteiger partial charge in [0.25, 0.3) is 0 Å². The standard InChI is InChI=1S/C22H26BrN3O3.ClH/c1-28-20-10-15(9-17(23)21(20)29-13-14-5-3-2-4-6-14)12-24-16-7-8-18-19(11-16)26-22(27)25-18;/h2-6,9-10,16,18-19,24H,7-8,11-13H2,1H3,(H2,25,26,27);1H. The number of rotatable bonds is 7. The van der Waals surface area contributed by atoms with Gasteiger partial charge in [-0.2, -0.15) is 0 Å². The van der Waals surface area contributed by atoms with E-state index in [2.05, 4.69) is 37.9 Å². The quantitative estimate of drug-likeness (QED) is 0.538. The third kappa shape index (κ3) is 5.39. The Labute approximate surface area is 191 Å². The Bertz CT molecular complexity index is 868. The van der Waals surface area contributed by atoms with Crippen molar-refractivity contribution in [3.63, 3.8) is 0 Å². The molecular formula is C22H27BrClN3O3. The molecule has 1 saturated carbocycles. The van der Waals surface area contributed by atoms with Gasteiger partial charge in [0, 0.05) is 12.6 Å². The van der Waals surface area contributed by atoms with Gasteiger partial charge in [-0.25, -0.2) is 4.79 Å². The summed E-state index contributed by atoms with van der Waals surface area (Å²) < 4.78 is 12.5. The number of nitrogens with one attached hydrogen (secondary N) is 3. The number of methoxy groups -OCH3 is 1. The highest BCUT2D eigenvalue weighted by Crippen LogP contribution is 2.37. The van der Waals surface area contributed by atoms with Crippen LogP contribution in [0.2, 0.25) is 0 Å². The molecule has 30 heavy (non-hydrogen) atoms. The zero-order chi connectivity index (χ0) is 20.2. The molecule has 0 radical (unpaired) electrons. The minimum atomic E-state index is -0.0413. The lowest BCUT2D eigenvalue weighted by molar-refractivity contribution is 0.247. The molecular weight excluding hydrogens is 470 g/mol. The van der Waals surface area contributed by atoms with Gasteiger partial charge < -0.3 is 25.4 Å². The van der Waals surface area contributed by atoms with Crippen LogP contribution in [0, 0.1) is 0 Å². The minimum absolute atomic E-state index is 0. The van der Waals surface area contributed by atoms with Crippen LogP contribution in [-0.2, 0) is 13.2 Å². The summed E-state index contributed by atoms with van der Waals surface area (Å²) in [6.07, 6.45) is 3.00. The molecule has 1 saturated heterocycles. The lowest BCUT2D eigenvalue weighted by Gasteiger charge is -2.31. The maximum atomic E-state index is 11.5. The molecule has 0 aromatic heterocycles. The maximum absolute atomic E-state index is 11.5. The third-order valence-electron chi connectivity index (χ3n) is 5.59. The monoisotopic (exact) mass is 495 g/mol. The first-order chi connectivity index (χ1) is 14.1. The van der Waals surface area contributed by atoms with Gasteiger partial charge in [0.1, 0.15) is 6.61 Å². The first-order valence-electron chi connectivity index (χ1n) is 9.96. The fraction of sp³-hybridized carbons (Fsp3) is 0.409. The van der Waals surface area contributed by atoms with Crippen molar-refractivity contribution in [1.29, 1.82) is 0 Å². The Morgan fingerprint density at radius 1 is 1.10 bits per heavy atom. The highest BCUT2D eigenvalue weighted by molar-refractivity contribution is 9.10. The van der Waals surface area contributed by atoms with E-state index in [4.69, 9.17) is 9.47 Å². The lowest BCUT2D eigenvalue weighted by atomic mass is 9.88. The highest BCUT2D eigenvalue weighted by atomic mass is 79.9. The Balaban J connectivity index is 0.00000256. The van der Waals surface area contributed by atoms with Crippen molar-refractivity contribution in [3.05, 3.63) is 58.1 Å². The molecule has 3 unspecified atom stereocenters. The molecule has 6 nitrogen and oxygen atoms in total. The van der Waals surface area contributed by atoms with E-state index in [0.29, 0.717) is 24.1 Å². The predicted molar refractivity (Wildman–Crippen MR) is 122 cm³/mol. The second-order valence-electron chi connectivity index (χ2n) is 7.60. The smallest absolute Gasteiger partial charge is 0.315 e. The first kappa shape index (κ1) is 22.7.